The molecule has 6 heteroatoms. The highest BCUT2D eigenvalue weighted by Gasteiger charge is 2.40. The van der Waals surface area contributed by atoms with Gasteiger partial charge < -0.3 is 19.7 Å². The Morgan fingerprint density at radius 1 is 1.19 bits per heavy atom. The van der Waals surface area contributed by atoms with Crippen LogP contribution in [-0.2, 0) is 9.53 Å². The average Bonchev–Trinajstić information content (AvgIpc) is 3.28. The molecule has 2 saturated heterocycles. The summed E-state index contributed by atoms with van der Waals surface area (Å²) < 4.78 is 5.71. The molecule has 0 spiro atoms. The number of aliphatic carboxylic acids is 1. The average molecular weight is 356 g/mol. The van der Waals surface area contributed by atoms with Crippen LogP contribution in [0.2, 0.25) is 0 Å². The molecule has 0 saturated carbocycles. The number of hydrogen-bond acceptors (Lipinski definition) is 3. The lowest BCUT2D eigenvalue weighted by atomic mass is 9.84. The summed E-state index contributed by atoms with van der Waals surface area (Å²) in [6.45, 7) is 3.84. The second kappa shape index (κ2) is 6.76. The predicted molar refractivity (Wildman–Crippen MR) is 97.1 cm³/mol. The number of carbonyl (C=O) groups excluding carboxylic acids is 1. The van der Waals surface area contributed by atoms with Crippen molar-refractivity contribution in [2.45, 2.75) is 32.3 Å². The maximum Gasteiger partial charge on any atom is 0.309 e. The van der Waals surface area contributed by atoms with Crippen LogP contribution in [0.15, 0.2) is 24.3 Å². The number of nitrogens with one attached hydrogen (secondary N) is 1. The number of carbonyl (C=O) groups is 2. The summed E-state index contributed by atoms with van der Waals surface area (Å²) in [6.07, 6.45) is 1.97. The van der Waals surface area contributed by atoms with Crippen LogP contribution in [0, 0.1) is 18.8 Å². The fourth-order valence-electron chi connectivity index (χ4n) is 4.30. The minimum absolute atomic E-state index is 0.0134. The van der Waals surface area contributed by atoms with Gasteiger partial charge in [0.1, 0.15) is 5.69 Å². The first kappa shape index (κ1) is 17.1. The molecular weight excluding hydrogens is 332 g/mol. The first-order chi connectivity index (χ1) is 12.5. The Morgan fingerprint density at radius 3 is 2.69 bits per heavy atom. The lowest BCUT2D eigenvalue weighted by Gasteiger charge is -2.35. The minimum Gasteiger partial charge on any atom is -0.481 e. The van der Waals surface area contributed by atoms with Crippen molar-refractivity contribution in [2.24, 2.45) is 11.8 Å². The molecular formula is C20H24N2O4. The number of aromatic amines is 1. The number of hydrogen-bond donors (Lipinski definition) is 2. The number of rotatable bonds is 3. The zero-order valence-electron chi connectivity index (χ0n) is 14.9. The van der Waals surface area contributed by atoms with E-state index in [-0.39, 0.29) is 17.9 Å². The van der Waals surface area contributed by atoms with Gasteiger partial charge >= 0.3 is 5.97 Å². The fourth-order valence-corrected chi connectivity index (χ4v) is 4.30. The van der Waals surface area contributed by atoms with E-state index in [0.29, 0.717) is 31.8 Å². The van der Waals surface area contributed by atoms with E-state index in [1.54, 1.807) is 0 Å². The van der Waals surface area contributed by atoms with Crippen LogP contribution in [-0.4, -0.2) is 52.7 Å². The Bertz CT molecular complexity index is 835. The van der Waals surface area contributed by atoms with Gasteiger partial charge in [-0.25, -0.2) is 0 Å². The third-order valence-electron chi connectivity index (χ3n) is 5.75. The second-order valence-corrected chi connectivity index (χ2v) is 7.47. The quantitative estimate of drug-likeness (QED) is 0.886. The summed E-state index contributed by atoms with van der Waals surface area (Å²) in [6, 6.07) is 8.01. The van der Waals surface area contributed by atoms with Gasteiger partial charge in [-0.05, 0) is 49.8 Å². The zero-order chi connectivity index (χ0) is 18.3. The Labute approximate surface area is 152 Å². The summed E-state index contributed by atoms with van der Waals surface area (Å²) in [4.78, 5) is 29.3. The van der Waals surface area contributed by atoms with E-state index in [0.717, 1.165) is 29.3 Å². The molecule has 2 aliphatic rings. The van der Waals surface area contributed by atoms with Gasteiger partial charge in [-0.1, -0.05) is 12.1 Å². The molecule has 1 amide bonds. The molecule has 2 atom stereocenters. The number of aromatic nitrogens is 1. The number of piperidine rings is 1. The molecule has 1 aromatic heterocycles. The molecule has 2 fully saturated rings. The maximum atomic E-state index is 12.8. The SMILES string of the molecule is Cc1ccc2cc(C(=O)N3CCC([C@@H]4OCCC4C(=O)O)CC3)[nH]c2c1. The van der Waals surface area contributed by atoms with E-state index in [1.165, 1.54) is 0 Å². The van der Waals surface area contributed by atoms with E-state index in [4.69, 9.17) is 4.74 Å². The van der Waals surface area contributed by atoms with Gasteiger partial charge in [-0.15, -0.1) is 0 Å². The largest absolute Gasteiger partial charge is 0.481 e. The number of amides is 1. The molecule has 26 heavy (non-hydrogen) atoms. The Hall–Kier alpha value is -2.34. The van der Waals surface area contributed by atoms with Gasteiger partial charge in [0, 0.05) is 30.6 Å². The summed E-state index contributed by atoms with van der Waals surface area (Å²) in [5, 5.41) is 10.4. The van der Waals surface area contributed by atoms with E-state index in [2.05, 4.69) is 4.98 Å². The molecule has 0 aliphatic carbocycles. The predicted octanol–water partition coefficient (Wildman–Crippen LogP) is 2.82. The van der Waals surface area contributed by atoms with Crippen molar-refractivity contribution in [3.05, 3.63) is 35.5 Å². The number of likely N-dealkylation sites (tertiary alicyclic amines) is 1. The van der Waals surface area contributed by atoms with Gasteiger partial charge in [-0.3, -0.25) is 9.59 Å². The standard InChI is InChI=1S/C20H24N2O4/c1-12-2-3-14-11-17(21-16(14)10-12)19(23)22-7-4-13(5-8-22)18-15(20(24)25)6-9-26-18/h2-3,10-11,13,15,18,21H,4-9H2,1H3,(H,24,25)/t15?,18-/m0/s1. The topological polar surface area (TPSA) is 82.6 Å². The van der Waals surface area contributed by atoms with Crippen molar-refractivity contribution in [1.82, 2.24) is 9.88 Å². The smallest absolute Gasteiger partial charge is 0.309 e. The molecule has 1 aromatic carbocycles. The van der Waals surface area contributed by atoms with Crippen LogP contribution < -0.4 is 0 Å². The molecule has 1 unspecified atom stereocenters. The normalized spacial score (nSPS) is 24.3. The highest BCUT2D eigenvalue weighted by atomic mass is 16.5. The van der Waals surface area contributed by atoms with Crippen LogP contribution in [0.5, 0.6) is 0 Å². The minimum atomic E-state index is -0.764. The lowest BCUT2D eigenvalue weighted by Crippen LogP contribution is -2.43. The number of carboxylic acids is 1. The van der Waals surface area contributed by atoms with Crippen molar-refractivity contribution < 1.29 is 19.4 Å². The van der Waals surface area contributed by atoms with Gasteiger partial charge in [0.15, 0.2) is 0 Å². The van der Waals surface area contributed by atoms with E-state index in [9.17, 15) is 14.7 Å². The Morgan fingerprint density at radius 2 is 1.96 bits per heavy atom. The molecule has 4 rings (SSSR count). The Balaban J connectivity index is 1.42. The van der Waals surface area contributed by atoms with E-state index in [1.807, 2.05) is 36.1 Å². The molecule has 2 N–H and O–H groups in total. The lowest BCUT2D eigenvalue weighted by molar-refractivity contribution is -0.145. The highest BCUT2D eigenvalue weighted by Crippen LogP contribution is 2.33. The third kappa shape index (κ3) is 3.09. The molecule has 2 aliphatic heterocycles. The van der Waals surface area contributed by atoms with Crippen molar-refractivity contribution in [3.63, 3.8) is 0 Å². The van der Waals surface area contributed by atoms with Crippen LogP contribution >= 0.6 is 0 Å². The van der Waals surface area contributed by atoms with Crippen molar-refractivity contribution in [2.75, 3.05) is 19.7 Å². The monoisotopic (exact) mass is 356 g/mol. The number of carboxylic acid groups (broad SMARTS) is 1. The first-order valence-corrected chi connectivity index (χ1v) is 9.26. The van der Waals surface area contributed by atoms with Crippen molar-refractivity contribution in [1.29, 1.82) is 0 Å². The number of H-pyrrole nitrogens is 1. The molecule has 0 radical (unpaired) electrons. The summed E-state index contributed by atoms with van der Waals surface area (Å²) in [5.74, 6) is -0.939. The van der Waals surface area contributed by atoms with Crippen LogP contribution in [0.3, 0.4) is 0 Å². The molecule has 6 nitrogen and oxygen atoms in total. The van der Waals surface area contributed by atoms with Crippen LogP contribution in [0.1, 0.15) is 35.3 Å². The summed E-state index contributed by atoms with van der Waals surface area (Å²) in [5.41, 5.74) is 2.75. The highest BCUT2D eigenvalue weighted by molar-refractivity contribution is 5.98. The van der Waals surface area contributed by atoms with Gasteiger partial charge in [0.2, 0.25) is 0 Å². The third-order valence-corrected chi connectivity index (χ3v) is 5.75. The van der Waals surface area contributed by atoms with Crippen LogP contribution in [0.25, 0.3) is 10.9 Å². The molecule has 2 aromatic rings. The maximum absolute atomic E-state index is 12.8. The van der Waals surface area contributed by atoms with E-state index >= 15 is 0 Å². The van der Waals surface area contributed by atoms with Crippen molar-refractivity contribution in [3.8, 4) is 0 Å². The number of aryl methyl sites for hydroxylation is 1. The van der Waals surface area contributed by atoms with Gasteiger partial charge in [0.05, 0.1) is 12.0 Å². The molecule has 3 heterocycles. The Kier molecular flexibility index (Phi) is 4.44. The number of ether oxygens (including phenoxy) is 1. The molecule has 0 bridgehead atoms. The fraction of sp³-hybridized carbons (Fsp3) is 0.500. The van der Waals surface area contributed by atoms with Crippen LogP contribution in [0.4, 0.5) is 0 Å². The molecule has 138 valence electrons. The first-order valence-electron chi connectivity index (χ1n) is 9.26. The number of benzene rings is 1. The summed E-state index contributed by atoms with van der Waals surface area (Å²) in [7, 11) is 0. The second-order valence-electron chi connectivity index (χ2n) is 7.47. The van der Waals surface area contributed by atoms with E-state index < -0.39 is 11.9 Å². The summed E-state index contributed by atoms with van der Waals surface area (Å²) >= 11 is 0. The number of fused-ring (bicyclic) bond motifs is 1. The zero-order valence-corrected chi connectivity index (χ0v) is 14.9. The number of nitrogens with zero attached hydrogens (tertiary/aromatic N) is 1. The van der Waals surface area contributed by atoms with Crippen molar-refractivity contribution >= 4 is 22.8 Å². The van der Waals surface area contributed by atoms with Gasteiger partial charge in [0.25, 0.3) is 5.91 Å². The van der Waals surface area contributed by atoms with Gasteiger partial charge in [-0.2, -0.15) is 0 Å².